The fourth-order valence-corrected chi connectivity index (χ4v) is 2.96. The summed E-state index contributed by atoms with van der Waals surface area (Å²) in [5.41, 5.74) is 2.76. The molecule has 0 aliphatic heterocycles. The predicted octanol–water partition coefficient (Wildman–Crippen LogP) is 4.54. The molecule has 0 atom stereocenters. The van der Waals surface area contributed by atoms with Crippen LogP contribution in [0, 0.1) is 0 Å². The summed E-state index contributed by atoms with van der Waals surface area (Å²) in [7, 11) is 1.85. The van der Waals surface area contributed by atoms with Gasteiger partial charge in [0.05, 0.1) is 5.56 Å². The minimum absolute atomic E-state index is 0.0339. The van der Waals surface area contributed by atoms with Crippen LogP contribution in [0.15, 0.2) is 66.7 Å². The Kier molecular flexibility index (Phi) is 4.80. The Balaban J connectivity index is 1.99. The zero-order chi connectivity index (χ0) is 16.9. The Labute approximate surface area is 142 Å². The zero-order valence-corrected chi connectivity index (χ0v) is 14.1. The summed E-state index contributed by atoms with van der Waals surface area (Å²) in [6, 6.07) is 22.1. The van der Waals surface area contributed by atoms with E-state index < -0.39 is 0 Å². The number of carbonyl (C=O) groups excluding carboxylic acids is 1. The molecule has 0 aromatic heterocycles. The van der Waals surface area contributed by atoms with Crippen molar-refractivity contribution in [2.75, 3.05) is 18.9 Å². The summed E-state index contributed by atoms with van der Waals surface area (Å²) in [6.45, 7) is 3.41. The van der Waals surface area contributed by atoms with Gasteiger partial charge in [0.2, 0.25) is 0 Å². The van der Waals surface area contributed by atoms with Crippen LogP contribution in [-0.4, -0.2) is 24.4 Å². The maximum Gasteiger partial charge on any atom is 0.256 e. The van der Waals surface area contributed by atoms with E-state index in [-0.39, 0.29) is 5.91 Å². The molecule has 122 valence electrons. The van der Waals surface area contributed by atoms with Gasteiger partial charge in [-0.05, 0) is 29.3 Å². The minimum atomic E-state index is 0.0339. The Morgan fingerprint density at radius 3 is 2.42 bits per heavy atom. The molecule has 3 aromatic carbocycles. The molecule has 0 saturated carbocycles. The SMILES string of the molecule is CCNc1ccc2ccccc2c1C(=O)N(C)Cc1ccccc1. The first-order valence-corrected chi connectivity index (χ1v) is 8.25. The predicted molar refractivity (Wildman–Crippen MR) is 100 cm³/mol. The van der Waals surface area contributed by atoms with Gasteiger partial charge in [0, 0.05) is 25.8 Å². The van der Waals surface area contributed by atoms with E-state index in [2.05, 4.69) is 11.4 Å². The summed E-state index contributed by atoms with van der Waals surface area (Å²) >= 11 is 0. The summed E-state index contributed by atoms with van der Waals surface area (Å²) in [6.07, 6.45) is 0. The fraction of sp³-hybridized carbons (Fsp3) is 0.190. The first kappa shape index (κ1) is 16.1. The van der Waals surface area contributed by atoms with E-state index in [4.69, 9.17) is 0 Å². The zero-order valence-electron chi connectivity index (χ0n) is 14.1. The summed E-state index contributed by atoms with van der Waals surface area (Å²) in [5.74, 6) is 0.0339. The van der Waals surface area contributed by atoms with Crippen molar-refractivity contribution in [3.63, 3.8) is 0 Å². The molecule has 1 amide bonds. The van der Waals surface area contributed by atoms with Gasteiger partial charge >= 0.3 is 0 Å². The highest BCUT2D eigenvalue weighted by molar-refractivity contribution is 6.11. The van der Waals surface area contributed by atoms with Crippen LogP contribution in [0.5, 0.6) is 0 Å². The second-order valence-electron chi connectivity index (χ2n) is 5.89. The molecule has 0 radical (unpaired) electrons. The van der Waals surface area contributed by atoms with Gasteiger partial charge in [0.1, 0.15) is 0 Å². The van der Waals surface area contributed by atoms with Crippen LogP contribution in [0.1, 0.15) is 22.8 Å². The van der Waals surface area contributed by atoms with Gasteiger partial charge in [-0.3, -0.25) is 4.79 Å². The van der Waals surface area contributed by atoms with Crippen LogP contribution in [0.4, 0.5) is 5.69 Å². The van der Waals surface area contributed by atoms with Crippen molar-refractivity contribution < 1.29 is 4.79 Å². The molecule has 0 spiro atoms. The maximum atomic E-state index is 13.1. The lowest BCUT2D eigenvalue weighted by Crippen LogP contribution is -2.27. The fourth-order valence-electron chi connectivity index (χ4n) is 2.96. The minimum Gasteiger partial charge on any atom is -0.385 e. The molecular weight excluding hydrogens is 296 g/mol. The van der Waals surface area contributed by atoms with Crippen molar-refractivity contribution in [2.45, 2.75) is 13.5 Å². The lowest BCUT2D eigenvalue weighted by atomic mass is 10.0. The molecule has 3 rings (SSSR count). The van der Waals surface area contributed by atoms with Gasteiger partial charge in [0.25, 0.3) is 5.91 Å². The van der Waals surface area contributed by atoms with Crippen LogP contribution in [0.25, 0.3) is 10.8 Å². The molecule has 0 unspecified atom stereocenters. The van der Waals surface area contributed by atoms with Crippen LogP contribution in [0.3, 0.4) is 0 Å². The van der Waals surface area contributed by atoms with Gasteiger partial charge in [-0.1, -0.05) is 60.7 Å². The molecule has 0 fully saturated rings. The third kappa shape index (κ3) is 3.25. The Hall–Kier alpha value is -2.81. The van der Waals surface area contributed by atoms with E-state index >= 15 is 0 Å². The van der Waals surface area contributed by atoms with Gasteiger partial charge in [-0.25, -0.2) is 0 Å². The third-order valence-electron chi connectivity index (χ3n) is 4.12. The van der Waals surface area contributed by atoms with Gasteiger partial charge in [-0.15, -0.1) is 0 Å². The first-order valence-electron chi connectivity index (χ1n) is 8.25. The van der Waals surface area contributed by atoms with Gasteiger partial charge < -0.3 is 10.2 Å². The molecule has 24 heavy (non-hydrogen) atoms. The molecule has 3 aromatic rings. The van der Waals surface area contributed by atoms with Crippen LogP contribution in [0.2, 0.25) is 0 Å². The highest BCUT2D eigenvalue weighted by atomic mass is 16.2. The van der Waals surface area contributed by atoms with Crippen LogP contribution in [-0.2, 0) is 6.54 Å². The molecule has 0 aliphatic rings. The lowest BCUT2D eigenvalue weighted by molar-refractivity contribution is 0.0788. The Morgan fingerprint density at radius 2 is 1.67 bits per heavy atom. The summed E-state index contributed by atoms with van der Waals surface area (Å²) < 4.78 is 0. The van der Waals surface area contributed by atoms with Crippen molar-refractivity contribution >= 4 is 22.4 Å². The highest BCUT2D eigenvalue weighted by Gasteiger charge is 2.19. The van der Waals surface area contributed by atoms with E-state index in [1.807, 2.05) is 74.6 Å². The van der Waals surface area contributed by atoms with Crippen molar-refractivity contribution in [3.05, 3.63) is 77.9 Å². The molecule has 3 heteroatoms. The van der Waals surface area contributed by atoms with Gasteiger partial charge in [0.15, 0.2) is 0 Å². The lowest BCUT2D eigenvalue weighted by Gasteiger charge is -2.21. The van der Waals surface area contributed by atoms with Crippen molar-refractivity contribution in [1.29, 1.82) is 0 Å². The van der Waals surface area contributed by atoms with Gasteiger partial charge in [-0.2, -0.15) is 0 Å². The van der Waals surface area contributed by atoms with Crippen molar-refractivity contribution in [3.8, 4) is 0 Å². The largest absolute Gasteiger partial charge is 0.385 e. The van der Waals surface area contributed by atoms with E-state index in [9.17, 15) is 4.79 Å². The number of hydrogen-bond donors (Lipinski definition) is 1. The molecule has 0 heterocycles. The molecule has 0 saturated heterocycles. The second-order valence-corrected chi connectivity index (χ2v) is 5.89. The van der Waals surface area contributed by atoms with Crippen molar-refractivity contribution in [1.82, 2.24) is 4.90 Å². The quantitative estimate of drug-likeness (QED) is 0.749. The number of carbonyl (C=O) groups is 1. The van der Waals surface area contributed by atoms with E-state index in [1.165, 1.54) is 0 Å². The maximum absolute atomic E-state index is 13.1. The number of rotatable bonds is 5. The number of anilines is 1. The molecule has 0 bridgehead atoms. The number of hydrogen-bond acceptors (Lipinski definition) is 2. The number of benzene rings is 3. The Morgan fingerprint density at radius 1 is 0.958 bits per heavy atom. The monoisotopic (exact) mass is 318 g/mol. The van der Waals surface area contributed by atoms with Crippen molar-refractivity contribution in [2.24, 2.45) is 0 Å². The molecule has 0 aliphatic carbocycles. The normalized spacial score (nSPS) is 10.6. The third-order valence-corrected chi connectivity index (χ3v) is 4.12. The molecular formula is C21H22N2O. The van der Waals surface area contributed by atoms with Crippen LogP contribution >= 0.6 is 0 Å². The summed E-state index contributed by atoms with van der Waals surface area (Å²) in [4.78, 5) is 14.9. The number of fused-ring (bicyclic) bond motifs is 1. The smallest absolute Gasteiger partial charge is 0.256 e. The first-order chi connectivity index (χ1) is 11.7. The van der Waals surface area contributed by atoms with E-state index in [0.717, 1.165) is 34.1 Å². The van der Waals surface area contributed by atoms with E-state index in [0.29, 0.717) is 6.54 Å². The van der Waals surface area contributed by atoms with Crippen LogP contribution < -0.4 is 5.32 Å². The average molecular weight is 318 g/mol. The Bertz CT molecular complexity index is 843. The topological polar surface area (TPSA) is 32.3 Å². The van der Waals surface area contributed by atoms with E-state index in [1.54, 1.807) is 4.90 Å². The molecule has 1 N–H and O–H groups in total. The highest BCUT2D eigenvalue weighted by Crippen LogP contribution is 2.27. The number of nitrogens with zero attached hydrogens (tertiary/aromatic N) is 1. The molecule has 3 nitrogen and oxygen atoms in total. The summed E-state index contributed by atoms with van der Waals surface area (Å²) in [5, 5.41) is 5.39. The standard InChI is InChI=1S/C21H22N2O/c1-3-22-19-14-13-17-11-7-8-12-18(17)20(19)21(24)23(2)15-16-9-5-4-6-10-16/h4-14,22H,3,15H2,1-2H3. The average Bonchev–Trinajstić information content (AvgIpc) is 2.62. The number of amides is 1. The second kappa shape index (κ2) is 7.18. The number of nitrogens with one attached hydrogen (secondary N) is 1.